The number of rotatable bonds is 6. The number of aryl methyl sites for hydroxylation is 1. The van der Waals surface area contributed by atoms with E-state index in [0.29, 0.717) is 5.02 Å². The molecule has 0 radical (unpaired) electrons. The highest BCUT2D eigenvalue weighted by atomic mass is 79.9. The second-order valence-corrected chi connectivity index (χ2v) is 5.71. The number of hydrogen-bond donors (Lipinski definition) is 1. The number of nitrogens with one attached hydrogen (secondary N) is 1. The molecule has 0 saturated heterocycles. The van der Waals surface area contributed by atoms with Crippen LogP contribution in [0, 0.1) is 6.92 Å². The molecule has 1 aromatic heterocycles. The molecule has 1 N–H and O–H groups in total. The lowest BCUT2D eigenvalue weighted by Crippen LogP contribution is -2.09. The van der Waals surface area contributed by atoms with Crippen LogP contribution in [0.25, 0.3) is 5.69 Å². The van der Waals surface area contributed by atoms with E-state index in [0.717, 1.165) is 41.4 Å². The van der Waals surface area contributed by atoms with Gasteiger partial charge < -0.3 is 10.1 Å². The van der Waals surface area contributed by atoms with Gasteiger partial charge in [-0.3, -0.25) is 4.57 Å². The molecule has 6 heteroatoms. The average Bonchev–Trinajstić information content (AvgIpc) is 2.79. The minimum Gasteiger partial charge on any atom is -0.385 e. The van der Waals surface area contributed by atoms with Crippen LogP contribution in [0.4, 0.5) is 5.95 Å². The zero-order chi connectivity index (χ0) is 14.5. The SMILES string of the molecule is COCCCNc1nc(C)cn1-c1ccc(Cl)c(Br)c1. The van der Waals surface area contributed by atoms with Gasteiger partial charge in [0.15, 0.2) is 0 Å². The van der Waals surface area contributed by atoms with E-state index in [1.165, 1.54) is 0 Å². The van der Waals surface area contributed by atoms with Gasteiger partial charge in [0.1, 0.15) is 0 Å². The molecule has 0 fully saturated rings. The van der Waals surface area contributed by atoms with Gasteiger partial charge in [-0.05, 0) is 47.5 Å². The fourth-order valence-electron chi connectivity index (χ4n) is 1.87. The highest BCUT2D eigenvalue weighted by Gasteiger charge is 2.08. The standard InChI is InChI=1S/C14H17BrClN3O/c1-10-9-19(11-4-5-13(16)12(15)8-11)14(18-10)17-6-3-7-20-2/h4-5,8-9H,3,6-7H2,1-2H3,(H,17,18). The van der Waals surface area contributed by atoms with Gasteiger partial charge in [0, 0.05) is 36.6 Å². The summed E-state index contributed by atoms with van der Waals surface area (Å²) in [5, 5.41) is 4.02. The van der Waals surface area contributed by atoms with Crippen molar-refractivity contribution in [3.63, 3.8) is 0 Å². The predicted molar refractivity (Wildman–Crippen MR) is 86.0 cm³/mol. The number of imidazole rings is 1. The molecule has 1 heterocycles. The second kappa shape index (κ2) is 7.11. The van der Waals surface area contributed by atoms with E-state index in [1.807, 2.05) is 35.9 Å². The zero-order valence-electron chi connectivity index (χ0n) is 11.5. The Morgan fingerprint density at radius 1 is 1.45 bits per heavy atom. The molecule has 2 aromatic rings. The summed E-state index contributed by atoms with van der Waals surface area (Å²) >= 11 is 9.48. The van der Waals surface area contributed by atoms with Gasteiger partial charge in [0.05, 0.1) is 10.7 Å². The first kappa shape index (κ1) is 15.4. The maximum absolute atomic E-state index is 6.03. The number of ether oxygens (including phenoxy) is 1. The summed E-state index contributed by atoms with van der Waals surface area (Å²) in [6.07, 6.45) is 2.93. The van der Waals surface area contributed by atoms with Crippen molar-refractivity contribution in [1.29, 1.82) is 0 Å². The largest absolute Gasteiger partial charge is 0.385 e. The second-order valence-electron chi connectivity index (χ2n) is 4.45. The molecule has 0 atom stereocenters. The summed E-state index contributed by atoms with van der Waals surface area (Å²) in [7, 11) is 1.70. The van der Waals surface area contributed by atoms with Gasteiger partial charge in [-0.1, -0.05) is 11.6 Å². The lowest BCUT2D eigenvalue weighted by Gasteiger charge is -2.10. The zero-order valence-corrected chi connectivity index (χ0v) is 13.8. The molecule has 0 amide bonds. The fourth-order valence-corrected chi connectivity index (χ4v) is 2.36. The summed E-state index contributed by atoms with van der Waals surface area (Å²) in [5.41, 5.74) is 1.97. The van der Waals surface area contributed by atoms with Crippen LogP contribution in [0.1, 0.15) is 12.1 Å². The highest BCUT2D eigenvalue weighted by molar-refractivity contribution is 9.10. The average molecular weight is 359 g/mol. The number of hydrogen-bond acceptors (Lipinski definition) is 3. The maximum atomic E-state index is 6.03. The smallest absolute Gasteiger partial charge is 0.207 e. The number of methoxy groups -OCH3 is 1. The van der Waals surface area contributed by atoms with Gasteiger partial charge in [-0.2, -0.15) is 0 Å². The summed E-state index contributed by atoms with van der Waals surface area (Å²) in [6.45, 7) is 3.53. The molecular weight excluding hydrogens is 342 g/mol. The summed E-state index contributed by atoms with van der Waals surface area (Å²) in [6, 6.07) is 5.81. The fraction of sp³-hybridized carbons (Fsp3) is 0.357. The van der Waals surface area contributed by atoms with E-state index in [1.54, 1.807) is 7.11 Å². The molecule has 0 spiro atoms. The van der Waals surface area contributed by atoms with Crippen LogP contribution >= 0.6 is 27.5 Å². The number of benzene rings is 1. The van der Waals surface area contributed by atoms with Crippen molar-refractivity contribution in [3.8, 4) is 5.69 Å². The van der Waals surface area contributed by atoms with Crippen molar-refractivity contribution < 1.29 is 4.74 Å². The predicted octanol–water partition coefficient (Wildman–Crippen LogP) is 4.05. The van der Waals surface area contributed by atoms with Crippen LogP contribution in [-0.2, 0) is 4.74 Å². The van der Waals surface area contributed by atoms with Gasteiger partial charge in [-0.15, -0.1) is 0 Å². The van der Waals surface area contributed by atoms with Gasteiger partial charge in [0.25, 0.3) is 0 Å². The summed E-state index contributed by atoms with van der Waals surface area (Å²) in [5.74, 6) is 0.827. The van der Waals surface area contributed by atoms with Crippen molar-refractivity contribution in [3.05, 3.63) is 39.6 Å². The molecule has 0 bridgehead atoms. The topological polar surface area (TPSA) is 39.1 Å². The highest BCUT2D eigenvalue weighted by Crippen LogP contribution is 2.26. The molecule has 1 aromatic carbocycles. The van der Waals surface area contributed by atoms with Crippen LogP contribution in [-0.4, -0.2) is 29.8 Å². The Kier molecular flexibility index (Phi) is 5.46. The first-order valence-electron chi connectivity index (χ1n) is 6.36. The van der Waals surface area contributed by atoms with E-state index >= 15 is 0 Å². The third-order valence-corrected chi connectivity index (χ3v) is 4.03. The van der Waals surface area contributed by atoms with E-state index in [9.17, 15) is 0 Å². The van der Waals surface area contributed by atoms with Crippen molar-refractivity contribution in [2.24, 2.45) is 0 Å². The van der Waals surface area contributed by atoms with Crippen LogP contribution in [0.2, 0.25) is 5.02 Å². The van der Waals surface area contributed by atoms with Crippen LogP contribution in [0.3, 0.4) is 0 Å². The first-order valence-corrected chi connectivity index (χ1v) is 7.53. The molecule has 0 aliphatic carbocycles. The normalized spacial score (nSPS) is 10.8. The lowest BCUT2D eigenvalue weighted by molar-refractivity contribution is 0.197. The van der Waals surface area contributed by atoms with Crippen LogP contribution in [0.5, 0.6) is 0 Å². The number of aromatic nitrogens is 2. The van der Waals surface area contributed by atoms with E-state index in [2.05, 4.69) is 26.2 Å². The van der Waals surface area contributed by atoms with Crippen molar-refractivity contribution in [2.45, 2.75) is 13.3 Å². The first-order chi connectivity index (χ1) is 9.61. The Morgan fingerprint density at radius 2 is 2.25 bits per heavy atom. The van der Waals surface area contributed by atoms with Crippen LogP contribution in [0.15, 0.2) is 28.9 Å². The molecular formula is C14H17BrClN3O. The van der Waals surface area contributed by atoms with Crippen LogP contribution < -0.4 is 5.32 Å². The number of anilines is 1. The molecule has 0 saturated carbocycles. The molecule has 0 unspecified atom stereocenters. The third kappa shape index (κ3) is 3.75. The molecule has 20 heavy (non-hydrogen) atoms. The van der Waals surface area contributed by atoms with Crippen molar-refractivity contribution in [1.82, 2.24) is 9.55 Å². The molecule has 2 rings (SSSR count). The number of nitrogens with zero attached hydrogens (tertiary/aromatic N) is 2. The van der Waals surface area contributed by atoms with Gasteiger partial charge in [-0.25, -0.2) is 4.98 Å². The van der Waals surface area contributed by atoms with Gasteiger partial charge >= 0.3 is 0 Å². The Balaban J connectivity index is 2.20. The maximum Gasteiger partial charge on any atom is 0.207 e. The Bertz CT molecular complexity index is 586. The van der Waals surface area contributed by atoms with E-state index in [-0.39, 0.29) is 0 Å². The number of halogens is 2. The Hall–Kier alpha value is -1.04. The minimum absolute atomic E-state index is 0.695. The van der Waals surface area contributed by atoms with Crippen molar-refractivity contribution in [2.75, 3.05) is 25.6 Å². The molecule has 0 aliphatic heterocycles. The lowest BCUT2D eigenvalue weighted by atomic mass is 10.3. The van der Waals surface area contributed by atoms with E-state index in [4.69, 9.17) is 16.3 Å². The summed E-state index contributed by atoms with van der Waals surface area (Å²) in [4.78, 5) is 4.50. The minimum atomic E-state index is 0.695. The van der Waals surface area contributed by atoms with Gasteiger partial charge in [0.2, 0.25) is 5.95 Å². The molecule has 108 valence electrons. The van der Waals surface area contributed by atoms with Crippen molar-refractivity contribution >= 4 is 33.5 Å². The Morgan fingerprint density at radius 3 is 2.95 bits per heavy atom. The third-order valence-electron chi connectivity index (χ3n) is 2.82. The van der Waals surface area contributed by atoms with E-state index < -0.39 is 0 Å². The summed E-state index contributed by atoms with van der Waals surface area (Å²) < 4.78 is 7.93. The Labute approximate surface area is 132 Å². The monoisotopic (exact) mass is 357 g/mol. The quantitative estimate of drug-likeness (QED) is 0.792. The molecule has 0 aliphatic rings. The molecule has 4 nitrogen and oxygen atoms in total.